The van der Waals surface area contributed by atoms with Crippen LogP contribution in [0.15, 0.2) is 47.3 Å². The first kappa shape index (κ1) is 19.1. The van der Waals surface area contributed by atoms with Crippen LogP contribution in [0.3, 0.4) is 0 Å². The van der Waals surface area contributed by atoms with Crippen molar-refractivity contribution in [2.75, 3.05) is 6.61 Å². The number of fused-ring (bicyclic) bond motifs is 2. The minimum atomic E-state index is -0.708. The zero-order valence-corrected chi connectivity index (χ0v) is 16.3. The zero-order chi connectivity index (χ0) is 20.4. The molecule has 1 aliphatic rings. The molecule has 0 bridgehead atoms. The number of hydrogen-bond donors (Lipinski definition) is 0. The Bertz CT molecular complexity index is 1160. The van der Waals surface area contributed by atoms with Gasteiger partial charge >= 0.3 is 5.97 Å². The van der Waals surface area contributed by atoms with Crippen molar-refractivity contribution in [3.8, 4) is 0 Å². The lowest BCUT2D eigenvalue weighted by molar-refractivity contribution is 0.0468. The molecule has 1 aliphatic carbocycles. The number of carbonyl (C=O) groups is 2. The predicted molar refractivity (Wildman–Crippen MR) is 109 cm³/mol. The van der Waals surface area contributed by atoms with Gasteiger partial charge in [0.05, 0.1) is 5.39 Å². The summed E-state index contributed by atoms with van der Waals surface area (Å²) in [6, 6.07) is 12.5. The van der Waals surface area contributed by atoms with Gasteiger partial charge in [0.1, 0.15) is 0 Å². The lowest BCUT2D eigenvalue weighted by Crippen LogP contribution is -2.27. The normalized spacial score (nSPS) is 12.7. The van der Waals surface area contributed by atoms with E-state index >= 15 is 0 Å². The molecule has 0 aliphatic heterocycles. The summed E-state index contributed by atoms with van der Waals surface area (Å²) < 4.78 is 6.56. The Labute approximate surface area is 168 Å². The number of aryl methyl sites for hydroxylation is 3. The maximum Gasteiger partial charge on any atom is 0.359 e. The first-order valence-corrected chi connectivity index (χ1v) is 9.90. The summed E-state index contributed by atoms with van der Waals surface area (Å²) >= 11 is 0. The van der Waals surface area contributed by atoms with E-state index in [1.54, 1.807) is 30.3 Å². The van der Waals surface area contributed by atoms with Gasteiger partial charge in [-0.2, -0.15) is 5.10 Å². The van der Waals surface area contributed by atoms with E-state index in [2.05, 4.69) is 5.10 Å². The molecule has 0 atom stereocenters. The summed E-state index contributed by atoms with van der Waals surface area (Å²) in [5, 5.41) is 5.05. The molecule has 0 spiro atoms. The Hall–Kier alpha value is -3.28. The molecule has 0 unspecified atom stereocenters. The molecule has 0 radical (unpaired) electrons. The molecule has 0 fully saturated rings. The first-order valence-electron chi connectivity index (χ1n) is 9.90. The Kier molecular flexibility index (Phi) is 5.25. The van der Waals surface area contributed by atoms with E-state index in [0.717, 1.165) is 19.3 Å². The highest BCUT2D eigenvalue weighted by Crippen LogP contribution is 2.23. The summed E-state index contributed by atoms with van der Waals surface area (Å²) in [7, 11) is 0. The van der Waals surface area contributed by atoms with Crippen molar-refractivity contribution in [3.05, 3.63) is 75.2 Å². The quantitative estimate of drug-likeness (QED) is 0.476. The second kappa shape index (κ2) is 7.99. The third-order valence-corrected chi connectivity index (χ3v) is 5.25. The van der Waals surface area contributed by atoms with Gasteiger partial charge in [0.15, 0.2) is 18.1 Å². The molecule has 2 aromatic carbocycles. The molecule has 4 rings (SSSR count). The average Bonchev–Trinajstić information content (AvgIpc) is 3.22. The second-order valence-electron chi connectivity index (χ2n) is 7.26. The van der Waals surface area contributed by atoms with Gasteiger partial charge in [-0.05, 0) is 48.9 Å². The second-order valence-corrected chi connectivity index (χ2v) is 7.26. The van der Waals surface area contributed by atoms with E-state index < -0.39 is 5.97 Å². The van der Waals surface area contributed by atoms with Crippen LogP contribution in [0.25, 0.3) is 10.8 Å². The number of benzene rings is 2. The van der Waals surface area contributed by atoms with E-state index in [0.29, 0.717) is 29.3 Å². The fraction of sp³-hybridized carbons (Fsp3) is 0.304. The van der Waals surface area contributed by atoms with Crippen molar-refractivity contribution in [1.29, 1.82) is 0 Å². The fourth-order valence-electron chi connectivity index (χ4n) is 3.78. The number of Topliss-reactive ketones (excluding diaryl/α,β-unsaturated/α-hetero) is 1. The van der Waals surface area contributed by atoms with E-state index in [1.807, 2.05) is 19.1 Å². The maximum atomic E-state index is 12.7. The third-order valence-electron chi connectivity index (χ3n) is 5.25. The van der Waals surface area contributed by atoms with Gasteiger partial charge in [0, 0.05) is 17.5 Å². The van der Waals surface area contributed by atoms with Crippen molar-refractivity contribution in [2.45, 2.75) is 39.2 Å². The van der Waals surface area contributed by atoms with E-state index in [9.17, 15) is 14.4 Å². The maximum absolute atomic E-state index is 12.7. The molecular formula is C23H22N2O4. The highest BCUT2D eigenvalue weighted by Gasteiger charge is 2.20. The zero-order valence-electron chi connectivity index (χ0n) is 16.3. The van der Waals surface area contributed by atoms with Gasteiger partial charge in [0.25, 0.3) is 5.56 Å². The van der Waals surface area contributed by atoms with Crippen LogP contribution in [-0.4, -0.2) is 28.1 Å². The predicted octanol–water partition coefficient (Wildman–Crippen LogP) is 3.33. The standard InChI is InChI=1S/C23H22N2O4/c1-2-12-25-22(27)19-9-4-3-8-18(19)21(24-25)23(28)29-14-20(26)17-11-10-15-6-5-7-16(15)13-17/h3-4,8-11,13H,2,5-7,12,14H2,1H3. The van der Waals surface area contributed by atoms with Crippen LogP contribution in [0.4, 0.5) is 0 Å². The molecule has 0 amide bonds. The van der Waals surface area contributed by atoms with Gasteiger partial charge in [-0.3, -0.25) is 9.59 Å². The molecule has 0 saturated carbocycles. The molecule has 0 saturated heterocycles. The summed E-state index contributed by atoms with van der Waals surface area (Å²) in [6.07, 6.45) is 3.83. The molecule has 1 aromatic heterocycles. The van der Waals surface area contributed by atoms with Crippen LogP contribution < -0.4 is 5.56 Å². The van der Waals surface area contributed by atoms with E-state index in [1.165, 1.54) is 15.8 Å². The number of hydrogen-bond acceptors (Lipinski definition) is 5. The minimum Gasteiger partial charge on any atom is -0.452 e. The smallest absolute Gasteiger partial charge is 0.359 e. The van der Waals surface area contributed by atoms with Crippen LogP contribution in [0.2, 0.25) is 0 Å². The molecule has 29 heavy (non-hydrogen) atoms. The number of rotatable bonds is 6. The van der Waals surface area contributed by atoms with Crippen molar-refractivity contribution in [1.82, 2.24) is 9.78 Å². The number of esters is 1. The Morgan fingerprint density at radius 2 is 1.83 bits per heavy atom. The number of aromatic nitrogens is 2. The number of ketones is 1. The lowest BCUT2D eigenvalue weighted by atomic mass is 10.0. The van der Waals surface area contributed by atoms with Gasteiger partial charge in [-0.15, -0.1) is 0 Å². The van der Waals surface area contributed by atoms with Crippen molar-refractivity contribution >= 4 is 22.5 Å². The fourth-order valence-corrected chi connectivity index (χ4v) is 3.78. The van der Waals surface area contributed by atoms with Crippen LogP contribution >= 0.6 is 0 Å². The largest absolute Gasteiger partial charge is 0.452 e. The van der Waals surface area contributed by atoms with E-state index in [-0.39, 0.29) is 23.6 Å². The van der Waals surface area contributed by atoms with Gasteiger partial charge in [-0.25, -0.2) is 9.48 Å². The van der Waals surface area contributed by atoms with Crippen molar-refractivity contribution in [2.24, 2.45) is 0 Å². The van der Waals surface area contributed by atoms with Gasteiger partial charge in [0.2, 0.25) is 0 Å². The number of nitrogens with zero attached hydrogens (tertiary/aromatic N) is 2. The van der Waals surface area contributed by atoms with Gasteiger partial charge in [-0.1, -0.05) is 37.3 Å². The van der Waals surface area contributed by atoms with Crippen LogP contribution in [-0.2, 0) is 24.1 Å². The van der Waals surface area contributed by atoms with Crippen LogP contribution in [0, 0.1) is 0 Å². The summed E-state index contributed by atoms with van der Waals surface area (Å²) in [6.45, 7) is 1.97. The summed E-state index contributed by atoms with van der Waals surface area (Å²) in [5.41, 5.74) is 2.84. The molecule has 6 nitrogen and oxygen atoms in total. The Balaban J connectivity index is 1.57. The molecule has 0 N–H and O–H groups in total. The highest BCUT2D eigenvalue weighted by atomic mass is 16.5. The summed E-state index contributed by atoms with van der Waals surface area (Å²) in [5.74, 6) is -0.959. The van der Waals surface area contributed by atoms with Gasteiger partial charge < -0.3 is 4.74 Å². The van der Waals surface area contributed by atoms with Crippen LogP contribution in [0.5, 0.6) is 0 Å². The monoisotopic (exact) mass is 390 g/mol. The molecular weight excluding hydrogens is 368 g/mol. The lowest BCUT2D eigenvalue weighted by Gasteiger charge is -2.10. The number of carbonyl (C=O) groups excluding carboxylic acids is 2. The Morgan fingerprint density at radius 3 is 2.62 bits per heavy atom. The number of ether oxygens (including phenoxy) is 1. The van der Waals surface area contributed by atoms with Crippen molar-refractivity contribution < 1.29 is 14.3 Å². The first-order chi connectivity index (χ1) is 14.1. The Morgan fingerprint density at radius 1 is 1.07 bits per heavy atom. The SMILES string of the molecule is CCCn1nc(C(=O)OCC(=O)c2ccc3c(c2)CCC3)c2ccccc2c1=O. The highest BCUT2D eigenvalue weighted by molar-refractivity contribution is 6.04. The van der Waals surface area contributed by atoms with Crippen LogP contribution in [0.1, 0.15) is 51.7 Å². The summed E-state index contributed by atoms with van der Waals surface area (Å²) in [4.78, 5) is 37.7. The van der Waals surface area contributed by atoms with E-state index in [4.69, 9.17) is 4.74 Å². The topological polar surface area (TPSA) is 78.3 Å². The van der Waals surface area contributed by atoms with Crippen molar-refractivity contribution in [3.63, 3.8) is 0 Å². The molecule has 1 heterocycles. The molecule has 3 aromatic rings. The average molecular weight is 390 g/mol. The third kappa shape index (κ3) is 3.70. The minimum absolute atomic E-state index is 0.0513. The molecule has 148 valence electrons. The molecule has 6 heteroatoms.